The Hall–Kier alpha value is -1.49. The maximum absolute atomic E-state index is 4.40. The van der Waals surface area contributed by atoms with E-state index in [1.165, 1.54) is 42.0 Å². The summed E-state index contributed by atoms with van der Waals surface area (Å²) in [4.78, 5) is 0. The highest BCUT2D eigenvalue weighted by molar-refractivity contribution is 7.99. The van der Waals surface area contributed by atoms with Crippen LogP contribution >= 0.6 is 11.8 Å². The third-order valence-electron chi connectivity index (χ3n) is 4.62. The second kappa shape index (κ2) is 6.32. The minimum absolute atomic E-state index is 0.827. The highest BCUT2D eigenvalue weighted by atomic mass is 32.2. The largest absolute Gasteiger partial charge is 0.385 e. The van der Waals surface area contributed by atoms with Crippen LogP contribution in [0.4, 0.5) is 5.69 Å². The van der Waals surface area contributed by atoms with Crippen LogP contribution < -0.4 is 5.32 Å². The Morgan fingerprint density at radius 2 is 2.09 bits per heavy atom. The van der Waals surface area contributed by atoms with Gasteiger partial charge >= 0.3 is 0 Å². The number of rotatable bonds is 4. The molecule has 0 amide bonds. The lowest BCUT2D eigenvalue weighted by molar-refractivity contribution is 0.526. The number of nitrogens with zero attached hydrogens (tertiary/aromatic N) is 3. The van der Waals surface area contributed by atoms with E-state index in [-0.39, 0.29) is 0 Å². The molecule has 0 saturated carbocycles. The lowest BCUT2D eigenvalue weighted by Crippen LogP contribution is -2.13. The highest BCUT2D eigenvalue weighted by Crippen LogP contribution is 2.26. The van der Waals surface area contributed by atoms with Gasteiger partial charge in [-0.05, 0) is 61.0 Å². The summed E-state index contributed by atoms with van der Waals surface area (Å²) < 4.78 is 2.28. The number of nitrogens with one attached hydrogen (secondary N) is 1. The average Bonchev–Trinajstić information content (AvgIpc) is 3.23. The maximum Gasteiger partial charge on any atom is 0.163 e. The van der Waals surface area contributed by atoms with E-state index in [1.54, 1.807) is 0 Å². The summed E-state index contributed by atoms with van der Waals surface area (Å²) >= 11 is 2.07. The molecule has 4 nitrogen and oxygen atoms in total. The standard InChI is InChI=1S/C17H22N4S/c1-2-9-21-16(3-1)19-20-17(21)14-4-6-15(7-5-14)18-11-13-8-10-22-12-13/h4-7,13,18H,1-3,8-12H2. The zero-order valence-electron chi connectivity index (χ0n) is 12.8. The molecule has 0 radical (unpaired) electrons. The molecule has 22 heavy (non-hydrogen) atoms. The van der Waals surface area contributed by atoms with Gasteiger partial charge in [0.05, 0.1) is 0 Å². The monoisotopic (exact) mass is 314 g/mol. The summed E-state index contributed by atoms with van der Waals surface area (Å²) in [5.41, 5.74) is 2.38. The van der Waals surface area contributed by atoms with Crippen LogP contribution in [0.1, 0.15) is 25.1 Å². The molecule has 0 spiro atoms. The van der Waals surface area contributed by atoms with E-state index in [4.69, 9.17) is 0 Å². The Balaban J connectivity index is 1.46. The number of aromatic nitrogens is 3. The van der Waals surface area contributed by atoms with Crippen LogP contribution in [0, 0.1) is 5.92 Å². The van der Waals surface area contributed by atoms with Crippen molar-refractivity contribution < 1.29 is 0 Å². The molecule has 1 saturated heterocycles. The Morgan fingerprint density at radius 3 is 2.91 bits per heavy atom. The topological polar surface area (TPSA) is 42.7 Å². The summed E-state index contributed by atoms with van der Waals surface area (Å²) in [5, 5.41) is 12.3. The van der Waals surface area contributed by atoms with E-state index in [0.717, 1.165) is 37.1 Å². The Bertz CT molecular complexity index is 629. The minimum atomic E-state index is 0.827. The van der Waals surface area contributed by atoms with Crippen molar-refractivity contribution in [3.8, 4) is 11.4 Å². The number of thioether (sulfide) groups is 1. The predicted molar refractivity (Wildman–Crippen MR) is 92.3 cm³/mol. The van der Waals surface area contributed by atoms with E-state index in [1.807, 2.05) is 0 Å². The molecule has 2 aromatic rings. The molecule has 2 aliphatic rings. The fraction of sp³-hybridized carbons (Fsp3) is 0.529. The molecule has 2 aliphatic heterocycles. The van der Waals surface area contributed by atoms with Gasteiger partial charge in [0, 0.05) is 30.8 Å². The van der Waals surface area contributed by atoms with Crippen LogP contribution in [0.5, 0.6) is 0 Å². The summed E-state index contributed by atoms with van der Waals surface area (Å²) in [6.45, 7) is 2.14. The first-order valence-corrected chi connectivity index (χ1v) is 9.40. The number of benzene rings is 1. The minimum Gasteiger partial charge on any atom is -0.385 e. The summed E-state index contributed by atoms with van der Waals surface area (Å²) in [7, 11) is 0. The first-order valence-electron chi connectivity index (χ1n) is 8.24. The molecule has 0 aliphatic carbocycles. The van der Waals surface area contributed by atoms with Gasteiger partial charge in [0.25, 0.3) is 0 Å². The quantitative estimate of drug-likeness (QED) is 0.938. The Morgan fingerprint density at radius 1 is 1.18 bits per heavy atom. The van der Waals surface area contributed by atoms with Crippen molar-refractivity contribution in [1.29, 1.82) is 0 Å². The maximum atomic E-state index is 4.40. The lowest BCUT2D eigenvalue weighted by atomic mass is 10.1. The first kappa shape index (κ1) is 14.1. The van der Waals surface area contributed by atoms with Crippen molar-refractivity contribution >= 4 is 17.4 Å². The van der Waals surface area contributed by atoms with Crippen LogP contribution in [0.2, 0.25) is 0 Å². The second-order valence-corrected chi connectivity index (χ2v) is 7.39. The normalized spacial score (nSPS) is 20.8. The van der Waals surface area contributed by atoms with E-state index >= 15 is 0 Å². The molecule has 3 heterocycles. The zero-order chi connectivity index (χ0) is 14.8. The molecule has 1 atom stereocenters. The van der Waals surface area contributed by atoms with E-state index in [9.17, 15) is 0 Å². The first-order chi connectivity index (χ1) is 10.9. The van der Waals surface area contributed by atoms with Crippen LogP contribution in [-0.4, -0.2) is 32.8 Å². The number of anilines is 1. The average molecular weight is 314 g/mol. The molecule has 4 rings (SSSR count). The fourth-order valence-corrected chi connectivity index (χ4v) is 4.55. The van der Waals surface area contributed by atoms with Gasteiger partial charge < -0.3 is 9.88 Å². The van der Waals surface area contributed by atoms with Gasteiger partial charge in [-0.25, -0.2) is 0 Å². The van der Waals surface area contributed by atoms with Crippen LogP contribution in [0.15, 0.2) is 24.3 Å². The summed E-state index contributed by atoms with van der Waals surface area (Å²) in [6.07, 6.45) is 4.88. The van der Waals surface area contributed by atoms with Gasteiger partial charge in [-0.2, -0.15) is 11.8 Å². The molecule has 1 unspecified atom stereocenters. The fourth-order valence-electron chi connectivity index (χ4n) is 3.27. The molecule has 1 aromatic carbocycles. The smallest absolute Gasteiger partial charge is 0.163 e. The van der Waals surface area contributed by atoms with Crippen LogP contribution in [-0.2, 0) is 13.0 Å². The van der Waals surface area contributed by atoms with Crippen LogP contribution in [0.3, 0.4) is 0 Å². The summed E-state index contributed by atoms with van der Waals surface area (Å²) in [5.74, 6) is 5.61. The lowest BCUT2D eigenvalue weighted by Gasteiger charge is -2.15. The van der Waals surface area contributed by atoms with Gasteiger partial charge in [-0.3, -0.25) is 0 Å². The predicted octanol–water partition coefficient (Wildman–Crippen LogP) is 3.45. The molecule has 116 valence electrons. The van der Waals surface area contributed by atoms with E-state index in [2.05, 4.69) is 56.1 Å². The number of aryl methyl sites for hydroxylation is 1. The van der Waals surface area contributed by atoms with Gasteiger partial charge in [0.15, 0.2) is 5.82 Å². The van der Waals surface area contributed by atoms with Crippen molar-refractivity contribution in [2.24, 2.45) is 5.92 Å². The van der Waals surface area contributed by atoms with Gasteiger partial charge in [0.1, 0.15) is 5.82 Å². The third kappa shape index (κ3) is 2.86. The van der Waals surface area contributed by atoms with Gasteiger partial charge in [-0.1, -0.05) is 0 Å². The number of hydrogen-bond donors (Lipinski definition) is 1. The molecule has 0 bridgehead atoms. The van der Waals surface area contributed by atoms with Crippen molar-refractivity contribution in [2.45, 2.75) is 32.2 Å². The van der Waals surface area contributed by atoms with E-state index in [0.29, 0.717) is 0 Å². The Kier molecular flexibility index (Phi) is 4.06. The van der Waals surface area contributed by atoms with Crippen molar-refractivity contribution in [3.63, 3.8) is 0 Å². The van der Waals surface area contributed by atoms with E-state index < -0.39 is 0 Å². The molecular weight excluding hydrogens is 292 g/mol. The zero-order valence-corrected chi connectivity index (χ0v) is 13.6. The Labute approximate surface area is 135 Å². The third-order valence-corrected chi connectivity index (χ3v) is 5.85. The van der Waals surface area contributed by atoms with Crippen molar-refractivity contribution in [3.05, 3.63) is 30.1 Å². The summed E-state index contributed by atoms with van der Waals surface area (Å²) in [6, 6.07) is 8.67. The molecule has 1 N–H and O–H groups in total. The SMILES string of the molecule is c1cc(-c2nnc3n2CCCC3)ccc1NCC1CCSC1. The number of hydrogen-bond acceptors (Lipinski definition) is 4. The van der Waals surface area contributed by atoms with Crippen molar-refractivity contribution in [2.75, 3.05) is 23.4 Å². The molecule has 1 fully saturated rings. The molecule has 5 heteroatoms. The number of fused-ring (bicyclic) bond motifs is 1. The van der Waals surface area contributed by atoms with Gasteiger partial charge in [-0.15, -0.1) is 10.2 Å². The second-order valence-electron chi connectivity index (χ2n) is 6.24. The van der Waals surface area contributed by atoms with Gasteiger partial charge in [0.2, 0.25) is 0 Å². The van der Waals surface area contributed by atoms with Crippen LogP contribution in [0.25, 0.3) is 11.4 Å². The highest BCUT2D eigenvalue weighted by Gasteiger charge is 2.17. The molecule has 1 aromatic heterocycles. The van der Waals surface area contributed by atoms with Crippen molar-refractivity contribution in [1.82, 2.24) is 14.8 Å². The molecular formula is C17H22N4S.